The van der Waals surface area contributed by atoms with E-state index in [0.29, 0.717) is 18.3 Å². The van der Waals surface area contributed by atoms with E-state index in [9.17, 15) is 4.79 Å². The van der Waals surface area contributed by atoms with Crippen LogP contribution in [0.2, 0.25) is 0 Å². The van der Waals surface area contributed by atoms with Crippen LogP contribution in [0.3, 0.4) is 0 Å². The van der Waals surface area contributed by atoms with Gasteiger partial charge in [0.1, 0.15) is 6.04 Å². The number of esters is 1. The van der Waals surface area contributed by atoms with Gasteiger partial charge in [-0.2, -0.15) is 4.98 Å². The van der Waals surface area contributed by atoms with Crippen LogP contribution in [0.15, 0.2) is 12.4 Å². The SMILES string of the molecule is CCOC(=O)C1CCCN1c1cncc(OC(C)C)n1. The summed E-state index contributed by atoms with van der Waals surface area (Å²) in [7, 11) is 0. The predicted molar refractivity (Wildman–Crippen MR) is 74.8 cm³/mol. The zero-order valence-electron chi connectivity index (χ0n) is 12.2. The van der Waals surface area contributed by atoms with E-state index in [0.717, 1.165) is 19.4 Å². The Morgan fingerprint density at radius 2 is 2.30 bits per heavy atom. The lowest BCUT2D eigenvalue weighted by molar-refractivity contribution is -0.144. The van der Waals surface area contributed by atoms with Crippen molar-refractivity contribution in [3.8, 4) is 5.88 Å². The Morgan fingerprint density at radius 3 is 3.00 bits per heavy atom. The first-order valence-corrected chi connectivity index (χ1v) is 7.03. The summed E-state index contributed by atoms with van der Waals surface area (Å²) in [5.41, 5.74) is 0. The molecule has 0 bridgehead atoms. The Hall–Kier alpha value is -1.85. The van der Waals surface area contributed by atoms with Crippen LogP contribution in [0.1, 0.15) is 33.6 Å². The first kappa shape index (κ1) is 14.6. The van der Waals surface area contributed by atoms with E-state index in [1.807, 2.05) is 25.7 Å². The van der Waals surface area contributed by atoms with Crippen molar-refractivity contribution in [2.45, 2.75) is 45.8 Å². The molecule has 0 N–H and O–H groups in total. The zero-order valence-corrected chi connectivity index (χ0v) is 12.2. The maximum Gasteiger partial charge on any atom is 0.328 e. The van der Waals surface area contributed by atoms with Crippen molar-refractivity contribution in [1.82, 2.24) is 9.97 Å². The lowest BCUT2D eigenvalue weighted by Gasteiger charge is -2.24. The van der Waals surface area contributed by atoms with E-state index in [1.54, 1.807) is 12.4 Å². The van der Waals surface area contributed by atoms with Gasteiger partial charge in [0.25, 0.3) is 0 Å². The van der Waals surface area contributed by atoms with Crippen LogP contribution in [0.25, 0.3) is 0 Å². The number of nitrogens with zero attached hydrogens (tertiary/aromatic N) is 3. The Bertz CT molecular complexity index is 465. The summed E-state index contributed by atoms with van der Waals surface area (Å²) in [6.07, 6.45) is 5.01. The van der Waals surface area contributed by atoms with Crippen molar-refractivity contribution in [1.29, 1.82) is 0 Å². The Morgan fingerprint density at radius 1 is 1.50 bits per heavy atom. The monoisotopic (exact) mass is 279 g/mol. The van der Waals surface area contributed by atoms with Gasteiger partial charge in [-0.3, -0.25) is 4.98 Å². The summed E-state index contributed by atoms with van der Waals surface area (Å²) in [4.78, 5) is 22.5. The minimum Gasteiger partial charge on any atom is -0.474 e. The summed E-state index contributed by atoms with van der Waals surface area (Å²) in [6.45, 7) is 6.86. The lowest BCUT2D eigenvalue weighted by Crippen LogP contribution is -2.38. The normalized spacial score (nSPS) is 18.4. The topological polar surface area (TPSA) is 64.5 Å². The third-order valence-corrected chi connectivity index (χ3v) is 3.06. The number of aromatic nitrogens is 2. The van der Waals surface area contributed by atoms with Crippen LogP contribution in [-0.2, 0) is 9.53 Å². The van der Waals surface area contributed by atoms with Gasteiger partial charge in [0.05, 0.1) is 25.1 Å². The average Bonchev–Trinajstić information content (AvgIpc) is 2.87. The largest absolute Gasteiger partial charge is 0.474 e. The molecule has 0 aliphatic carbocycles. The van der Waals surface area contributed by atoms with Crippen molar-refractivity contribution in [3.63, 3.8) is 0 Å². The highest BCUT2D eigenvalue weighted by molar-refractivity contribution is 5.80. The number of carbonyl (C=O) groups is 1. The molecule has 1 aliphatic heterocycles. The summed E-state index contributed by atoms with van der Waals surface area (Å²) in [6, 6.07) is -0.265. The minimum atomic E-state index is -0.265. The highest BCUT2D eigenvalue weighted by Crippen LogP contribution is 2.25. The number of hydrogen-bond acceptors (Lipinski definition) is 6. The molecule has 2 heterocycles. The number of anilines is 1. The van der Waals surface area contributed by atoms with E-state index in [4.69, 9.17) is 9.47 Å². The maximum atomic E-state index is 11.9. The first-order chi connectivity index (χ1) is 9.61. The van der Waals surface area contributed by atoms with E-state index in [-0.39, 0.29) is 18.1 Å². The second-order valence-corrected chi connectivity index (χ2v) is 4.99. The molecule has 1 atom stereocenters. The van der Waals surface area contributed by atoms with Crippen LogP contribution in [0, 0.1) is 0 Å². The van der Waals surface area contributed by atoms with E-state index >= 15 is 0 Å². The Balaban J connectivity index is 2.15. The molecular weight excluding hydrogens is 258 g/mol. The van der Waals surface area contributed by atoms with Gasteiger partial charge in [0.2, 0.25) is 5.88 Å². The third-order valence-electron chi connectivity index (χ3n) is 3.06. The van der Waals surface area contributed by atoms with Crippen LogP contribution in [0.5, 0.6) is 5.88 Å². The van der Waals surface area contributed by atoms with Gasteiger partial charge in [-0.1, -0.05) is 0 Å². The second-order valence-electron chi connectivity index (χ2n) is 4.99. The quantitative estimate of drug-likeness (QED) is 0.766. The maximum absolute atomic E-state index is 11.9. The molecule has 0 amide bonds. The van der Waals surface area contributed by atoms with Gasteiger partial charge < -0.3 is 14.4 Å². The molecule has 20 heavy (non-hydrogen) atoms. The highest BCUT2D eigenvalue weighted by Gasteiger charge is 2.33. The van der Waals surface area contributed by atoms with Gasteiger partial charge in [0.15, 0.2) is 5.82 Å². The fourth-order valence-electron chi connectivity index (χ4n) is 2.30. The smallest absolute Gasteiger partial charge is 0.328 e. The molecule has 0 aromatic carbocycles. The molecule has 0 spiro atoms. The van der Waals surface area contributed by atoms with Crippen LogP contribution >= 0.6 is 0 Å². The molecule has 1 fully saturated rings. The van der Waals surface area contributed by atoms with Crippen molar-refractivity contribution in [3.05, 3.63) is 12.4 Å². The lowest BCUT2D eigenvalue weighted by atomic mass is 10.2. The van der Waals surface area contributed by atoms with E-state index < -0.39 is 0 Å². The van der Waals surface area contributed by atoms with Gasteiger partial charge in [0, 0.05) is 6.54 Å². The minimum absolute atomic E-state index is 0.0407. The predicted octanol–water partition coefficient (Wildman–Crippen LogP) is 1.80. The van der Waals surface area contributed by atoms with Gasteiger partial charge in [-0.25, -0.2) is 4.79 Å². The molecule has 0 radical (unpaired) electrons. The number of ether oxygens (including phenoxy) is 2. The van der Waals surface area contributed by atoms with Crippen molar-refractivity contribution >= 4 is 11.8 Å². The molecule has 1 unspecified atom stereocenters. The molecule has 1 saturated heterocycles. The van der Waals surface area contributed by atoms with Crippen molar-refractivity contribution in [2.75, 3.05) is 18.1 Å². The molecular formula is C14H21N3O3. The van der Waals surface area contributed by atoms with Gasteiger partial charge >= 0.3 is 5.97 Å². The Kier molecular flexibility index (Phi) is 4.76. The molecule has 6 heteroatoms. The standard InChI is InChI=1S/C14H21N3O3/c1-4-19-14(18)11-6-5-7-17(11)12-8-15-9-13(16-12)20-10(2)3/h8-11H,4-7H2,1-3H3. The van der Waals surface area contributed by atoms with Crippen LogP contribution < -0.4 is 9.64 Å². The second kappa shape index (κ2) is 6.54. The highest BCUT2D eigenvalue weighted by atomic mass is 16.5. The Labute approximate surface area is 119 Å². The fourth-order valence-corrected chi connectivity index (χ4v) is 2.30. The molecule has 0 saturated carbocycles. The molecule has 110 valence electrons. The number of hydrogen-bond donors (Lipinski definition) is 0. The molecule has 1 aromatic rings. The summed E-state index contributed by atoms with van der Waals surface area (Å²) in [5.74, 6) is 0.952. The van der Waals surface area contributed by atoms with E-state index in [2.05, 4.69) is 9.97 Å². The van der Waals surface area contributed by atoms with Crippen LogP contribution in [0.4, 0.5) is 5.82 Å². The first-order valence-electron chi connectivity index (χ1n) is 7.03. The fraction of sp³-hybridized carbons (Fsp3) is 0.643. The molecule has 1 aliphatic rings. The van der Waals surface area contributed by atoms with Crippen molar-refractivity contribution < 1.29 is 14.3 Å². The number of rotatable bonds is 5. The number of carbonyl (C=O) groups excluding carboxylic acids is 1. The van der Waals surface area contributed by atoms with Gasteiger partial charge in [-0.05, 0) is 33.6 Å². The van der Waals surface area contributed by atoms with Crippen LogP contribution in [-0.4, -0.2) is 41.2 Å². The summed E-state index contributed by atoms with van der Waals surface area (Å²) >= 11 is 0. The van der Waals surface area contributed by atoms with Gasteiger partial charge in [-0.15, -0.1) is 0 Å². The van der Waals surface area contributed by atoms with E-state index in [1.165, 1.54) is 0 Å². The summed E-state index contributed by atoms with van der Waals surface area (Å²) < 4.78 is 10.7. The molecule has 1 aromatic heterocycles. The van der Waals surface area contributed by atoms with Crippen molar-refractivity contribution in [2.24, 2.45) is 0 Å². The summed E-state index contributed by atoms with van der Waals surface area (Å²) in [5, 5.41) is 0. The third kappa shape index (κ3) is 3.37. The molecule has 6 nitrogen and oxygen atoms in total. The molecule has 2 rings (SSSR count). The average molecular weight is 279 g/mol. The zero-order chi connectivity index (χ0) is 14.5.